The largest absolute Gasteiger partial charge is 0.355 e. The van der Waals surface area contributed by atoms with E-state index in [1.54, 1.807) is 55.6 Å². The lowest BCUT2D eigenvalue weighted by atomic mass is 10.2. The highest BCUT2D eigenvalue weighted by Gasteiger charge is 2.16. The molecule has 0 radical (unpaired) electrons. The standard InChI is InChI=1S/C21H16FN5O2/c1-23-21(29)14-5-4-6-15(13-14)26-12-10-19(28)20(25-26)18-9-11-24-27(18)17-8-3-2-7-16(17)22/h2-13H,1H3,(H,23,29). The molecule has 4 rings (SSSR count). The van der Waals surface area contributed by atoms with E-state index >= 15 is 0 Å². The van der Waals surface area contributed by atoms with Crippen LogP contribution >= 0.6 is 0 Å². The maximum Gasteiger partial charge on any atom is 0.251 e. The second-order valence-corrected chi connectivity index (χ2v) is 6.18. The number of benzene rings is 2. The van der Waals surface area contributed by atoms with E-state index in [0.29, 0.717) is 16.9 Å². The van der Waals surface area contributed by atoms with Gasteiger partial charge in [0, 0.05) is 24.9 Å². The number of carbonyl (C=O) groups is 1. The van der Waals surface area contributed by atoms with Gasteiger partial charge in [0.1, 0.15) is 11.5 Å². The van der Waals surface area contributed by atoms with Crippen LogP contribution in [0.3, 0.4) is 0 Å². The first-order valence-electron chi connectivity index (χ1n) is 8.80. The zero-order valence-corrected chi connectivity index (χ0v) is 15.4. The number of nitrogens with zero attached hydrogens (tertiary/aromatic N) is 4. The van der Waals surface area contributed by atoms with Gasteiger partial charge in [-0.05, 0) is 36.4 Å². The van der Waals surface area contributed by atoms with E-state index in [0.717, 1.165) is 0 Å². The van der Waals surface area contributed by atoms with Crippen LogP contribution in [0.15, 0.2) is 77.9 Å². The number of amides is 1. The van der Waals surface area contributed by atoms with E-state index in [9.17, 15) is 14.0 Å². The van der Waals surface area contributed by atoms with Gasteiger partial charge in [-0.25, -0.2) is 13.8 Å². The van der Waals surface area contributed by atoms with Crippen molar-refractivity contribution in [2.75, 3.05) is 7.05 Å². The summed E-state index contributed by atoms with van der Waals surface area (Å²) in [5.74, 6) is -0.697. The fourth-order valence-electron chi connectivity index (χ4n) is 2.96. The predicted octanol–water partition coefficient (Wildman–Crippen LogP) is 2.58. The first-order valence-corrected chi connectivity index (χ1v) is 8.80. The van der Waals surface area contributed by atoms with Crippen molar-refractivity contribution in [1.29, 1.82) is 0 Å². The molecule has 0 atom stereocenters. The molecule has 2 aromatic carbocycles. The second-order valence-electron chi connectivity index (χ2n) is 6.18. The molecule has 0 saturated heterocycles. The summed E-state index contributed by atoms with van der Waals surface area (Å²) in [6.07, 6.45) is 2.99. The molecule has 29 heavy (non-hydrogen) atoms. The summed E-state index contributed by atoms with van der Waals surface area (Å²) in [5.41, 5.74) is 1.41. The quantitative estimate of drug-likeness (QED) is 0.582. The summed E-state index contributed by atoms with van der Waals surface area (Å²) in [4.78, 5) is 24.4. The number of aromatic nitrogens is 4. The number of hydrogen-bond acceptors (Lipinski definition) is 4. The van der Waals surface area contributed by atoms with Crippen molar-refractivity contribution in [3.8, 4) is 22.8 Å². The number of para-hydroxylation sites is 1. The van der Waals surface area contributed by atoms with Crippen LogP contribution in [-0.4, -0.2) is 32.5 Å². The minimum absolute atomic E-state index is 0.110. The number of nitrogens with one attached hydrogen (secondary N) is 1. The van der Waals surface area contributed by atoms with Crippen LogP contribution < -0.4 is 10.7 Å². The van der Waals surface area contributed by atoms with Gasteiger partial charge in [0.05, 0.1) is 17.6 Å². The molecule has 2 heterocycles. The Kier molecular flexibility index (Phi) is 4.74. The van der Waals surface area contributed by atoms with Gasteiger partial charge in [-0.2, -0.15) is 10.2 Å². The van der Waals surface area contributed by atoms with E-state index < -0.39 is 5.82 Å². The lowest BCUT2D eigenvalue weighted by Gasteiger charge is -2.11. The van der Waals surface area contributed by atoms with Gasteiger partial charge >= 0.3 is 0 Å². The molecule has 1 amide bonds. The Hall–Kier alpha value is -4.07. The maximum atomic E-state index is 14.2. The van der Waals surface area contributed by atoms with Crippen molar-refractivity contribution in [2.45, 2.75) is 0 Å². The number of rotatable bonds is 4. The Bertz CT molecular complexity index is 1260. The molecule has 0 saturated carbocycles. The third-order valence-corrected chi connectivity index (χ3v) is 4.37. The van der Waals surface area contributed by atoms with Crippen LogP contribution in [-0.2, 0) is 0 Å². The fraction of sp³-hybridized carbons (Fsp3) is 0.0476. The zero-order chi connectivity index (χ0) is 20.4. The van der Waals surface area contributed by atoms with Gasteiger partial charge in [-0.1, -0.05) is 18.2 Å². The molecule has 2 aromatic heterocycles. The summed E-state index contributed by atoms with van der Waals surface area (Å²) in [6.45, 7) is 0. The first kappa shape index (κ1) is 18.3. The highest BCUT2D eigenvalue weighted by atomic mass is 19.1. The van der Waals surface area contributed by atoms with Gasteiger partial charge in [-0.15, -0.1) is 0 Å². The molecule has 1 N–H and O–H groups in total. The van der Waals surface area contributed by atoms with E-state index in [4.69, 9.17) is 0 Å². The topological polar surface area (TPSA) is 81.8 Å². The summed E-state index contributed by atoms with van der Waals surface area (Å²) >= 11 is 0. The van der Waals surface area contributed by atoms with Crippen molar-refractivity contribution in [3.63, 3.8) is 0 Å². The molecule has 4 aromatic rings. The molecule has 0 aliphatic rings. The minimum atomic E-state index is -0.466. The Labute approximate surface area is 165 Å². The SMILES string of the molecule is CNC(=O)c1cccc(-n2ccc(=O)c(-c3ccnn3-c3ccccc3F)n2)c1. The van der Waals surface area contributed by atoms with Crippen molar-refractivity contribution in [2.24, 2.45) is 0 Å². The summed E-state index contributed by atoms with van der Waals surface area (Å²) in [7, 11) is 1.55. The molecule has 144 valence electrons. The third kappa shape index (κ3) is 3.43. The molecule has 0 bridgehead atoms. The van der Waals surface area contributed by atoms with Crippen molar-refractivity contribution >= 4 is 5.91 Å². The van der Waals surface area contributed by atoms with Crippen molar-refractivity contribution in [1.82, 2.24) is 24.9 Å². The summed E-state index contributed by atoms with van der Waals surface area (Å²) < 4.78 is 17.1. The molecule has 0 spiro atoms. The highest BCUT2D eigenvalue weighted by molar-refractivity contribution is 5.94. The van der Waals surface area contributed by atoms with Gasteiger partial charge in [0.15, 0.2) is 5.69 Å². The van der Waals surface area contributed by atoms with Crippen LogP contribution in [0.5, 0.6) is 0 Å². The molecular formula is C21H16FN5O2. The average Bonchev–Trinajstić information content (AvgIpc) is 3.23. The van der Waals surface area contributed by atoms with Gasteiger partial charge < -0.3 is 5.32 Å². The molecule has 7 nitrogen and oxygen atoms in total. The third-order valence-electron chi connectivity index (χ3n) is 4.37. The van der Waals surface area contributed by atoms with Gasteiger partial charge in [-0.3, -0.25) is 9.59 Å². The molecule has 0 aliphatic heterocycles. The Morgan fingerprint density at radius 1 is 1.07 bits per heavy atom. The van der Waals surface area contributed by atoms with Crippen LogP contribution in [0.4, 0.5) is 4.39 Å². The van der Waals surface area contributed by atoms with E-state index in [2.05, 4.69) is 15.5 Å². The van der Waals surface area contributed by atoms with Gasteiger partial charge in [0.2, 0.25) is 5.43 Å². The van der Waals surface area contributed by atoms with Crippen LogP contribution in [0.1, 0.15) is 10.4 Å². The Morgan fingerprint density at radius 3 is 2.69 bits per heavy atom. The van der Waals surface area contributed by atoms with E-state index in [-0.39, 0.29) is 22.7 Å². The first-order chi connectivity index (χ1) is 14.1. The smallest absolute Gasteiger partial charge is 0.251 e. The minimum Gasteiger partial charge on any atom is -0.355 e. The predicted molar refractivity (Wildman–Crippen MR) is 106 cm³/mol. The average molecular weight is 389 g/mol. The van der Waals surface area contributed by atoms with E-state index in [1.807, 2.05) is 0 Å². The molecule has 0 fully saturated rings. The molecule has 0 unspecified atom stereocenters. The Balaban J connectivity index is 1.83. The Morgan fingerprint density at radius 2 is 1.90 bits per heavy atom. The molecule has 0 aliphatic carbocycles. The second kappa shape index (κ2) is 7.51. The summed E-state index contributed by atoms with van der Waals surface area (Å²) in [5, 5.41) is 11.1. The van der Waals surface area contributed by atoms with Crippen molar-refractivity contribution in [3.05, 3.63) is 94.7 Å². The highest BCUT2D eigenvalue weighted by Crippen LogP contribution is 2.20. The number of carbonyl (C=O) groups excluding carboxylic acids is 1. The van der Waals surface area contributed by atoms with Crippen LogP contribution in [0.25, 0.3) is 22.8 Å². The lowest BCUT2D eigenvalue weighted by Crippen LogP contribution is -2.18. The maximum absolute atomic E-state index is 14.2. The summed E-state index contributed by atoms with van der Waals surface area (Å²) in [6, 6.07) is 16.0. The molecule has 8 heteroatoms. The fourth-order valence-corrected chi connectivity index (χ4v) is 2.96. The number of halogens is 1. The van der Waals surface area contributed by atoms with Gasteiger partial charge in [0.25, 0.3) is 5.91 Å². The van der Waals surface area contributed by atoms with Crippen LogP contribution in [0.2, 0.25) is 0 Å². The lowest BCUT2D eigenvalue weighted by molar-refractivity contribution is 0.0963. The van der Waals surface area contributed by atoms with Crippen LogP contribution in [0, 0.1) is 5.82 Å². The van der Waals surface area contributed by atoms with E-state index in [1.165, 1.54) is 33.9 Å². The normalized spacial score (nSPS) is 10.7. The zero-order valence-electron chi connectivity index (χ0n) is 15.4. The molecular weight excluding hydrogens is 373 g/mol. The number of hydrogen-bond donors (Lipinski definition) is 1. The van der Waals surface area contributed by atoms with Crippen molar-refractivity contribution < 1.29 is 9.18 Å². The monoisotopic (exact) mass is 389 g/mol.